The van der Waals surface area contributed by atoms with Crippen LogP contribution < -0.4 is 4.74 Å². The molecule has 1 aliphatic rings. The molecule has 0 amide bonds. The summed E-state index contributed by atoms with van der Waals surface area (Å²) in [5.41, 5.74) is 0.988. The number of halogens is 2. The van der Waals surface area contributed by atoms with E-state index in [1.165, 1.54) is 19.2 Å². The minimum absolute atomic E-state index is 0.0660. The molecule has 3 N–H and O–H groups in total. The molecule has 168 valence electrons. The maximum Gasteiger partial charge on any atom is 0.338 e. The predicted octanol–water partition coefficient (Wildman–Crippen LogP) is 2.18. The van der Waals surface area contributed by atoms with Crippen molar-refractivity contribution in [1.82, 2.24) is 0 Å². The fourth-order valence-corrected chi connectivity index (χ4v) is 3.63. The molecule has 0 spiro atoms. The number of benzene rings is 2. The molecule has 0 aliphatic carbocycles. The first-order valence-electron chi connectivity index (χ1n) is 9.37. The molecule has 5 atom stereocenters. The lowest BCUT2D eigenvalue weighted by molar-refractivity contribution is -0.294. The highest BCUT2D eigenvalue weighted by Gasteiger charge is 2.44. The van der Waals surface area contributed by atoms with Crippen LogP contribution in [0.4, 0.5) is 0 Å². The average Bonchev–Trinajstić information content (AvgIpc) is 2.77. The number of aliphatic hydroxyl groups excluding tert-OH is 3. The summed E-state index contributed by atoms with van der Waals surface area (Å²) in [7, 11) is 1.27. The van der Waals surface area contributed by atoms with Gasteiger partial charge >= 0.3 is 5.97 Å². The van der Waals surface area contributed by atoms with Crippen molar-refractivity contribution in [2.75, 3.05) is 13.7 Å². The standard InChI is InChI=1S/C21H22Cl2O8/c1-28-21-18(26)17(25)16(24)15(31-21)10-30-20(27)12-7-13(22)19(14(23)8-12)29-9-11-5-3-2-4-6-11/h2-8,15-18,21,24-26H,9-10H2,1H3/t15-,16-,17+,18-,21-/m1/s1. The van der Waals surface area contributed by atoms with Gasteiger partial charge in [-0.05, 0) is 17.7 Å². The number of rotatable bonds is 7. The van der Waals surface area contributed by atoms with Crippen LogP contribution in [0.5, 0.6) is 5.75 Å². The zero-order valence-electron chi connectivity index (χ0n) is 16.5. The molecule has 1 fully saturated rings. The Bertz CT molecular complexity index is 869. The highest BCUT2D eigenvalue weighted by molar-refractivity contribution is 6.37. The molecule has 2 aromatic carbocycles. The predicted molar refractivity (Wildman–Crippen MR) is 111 cm³/mol. The Hall–Kier alpha value is -1.91. The van der Waals surface area contributed by atoms with E-state index >= 15 is 0 Å². The molecule has 0 bridgehead atoms. The van der Waals surface area contributed by atoms with Crippen LogP contribution in [0.25, 0.3) is 0 Å². The number of aliphatic hydroxyl groups is 3. The summed E-state index contributed by atoms with van der Waals surface area (Å²) in [4.78, 5) is 12.4. The minimum atomic E-state index is -1.52. The Labute approximate surface area is 188 Å². The second kappa shape index (κ2) is 10.6. The summed E-state index contributed by atoms with van der Waals surface area (Å²) >= 11 is 12.5. The van der Waals surface area contributed by atoms with Gasteiger partial charge in [-0.3, -0.25) is 0 Å². The molecule has 1 saturated heterocycles. The van der Waals surface area contributed by atoms with E-state index in [9.17, 15) is 20.1 Å². The van der Waals surface area contributed by atoms with Gasteiger partial charge in [0, 0.05) is 7.11 Å². The second-order valence-electron chi connectivity index (χ2n) is 6.89. The van der Waals surface area contributed by atoms with Crippen LogP contribution in [0.1, 0.15) is 15.9 Å². The Balaban J connectivity index is 1.63. The van der Waals surface area contributed by atoms with Crippen molar-refractivity contribution in [3.8, 4) is 5.75 Å². The topological polar surface area (TPSA) is 115 Å². The number of carbonyl (C=O) groups is 1. The van der Waals surface area contributed by atoms with Crippen molar-refractivity contribution < 1.29 is 39.1 Å². The zero-order valence-corrected chi connectivity index (χ0v) is 18.0. The number of hydrogen-bond donors (Lipinski definition) is 3. The Morgan fingerprint density at radius 2 is 1.68 bits per heavy atom. The van der Waals surface area contributed by atoms with Gasteiger partial charge in [0.2, 0.25) is 0 Å². The van der Waals surface area contributed by atoms with Gasteiger partial charge in [-0.25, -0.2) is 4.79 Å². The lowest BCUT2D eigenvalue weighted by Gasteiger charge is -2.39. The average molecular weight is 473 g/mol. The van der Waals surface area contributed by atoms with Crippen LogP contribution >= 0.6 is 23.2 Å². The quantitative estimate of drug-likeness (QED) is 0.525. The molecule has 3 rings (SSSR count). The van der Waals surface area contributed by atoms with E-state index in [0.29, 0.717) is 0 Å². The Morgan fingerprint density at radius 3 is 2.29 bits per heavy atom. The Kier molecular flexibility index (Phi) is 8.12. The van der Waals surface area contributed by atoms with E-state index in [-0.39, 0.29) is 28.0 Å². The molecule has 0 unspecified atom stereocenters. The summed E-state index contributed by atoms with van der Waals surface area (Å²) in [6.45, 7) is -0.152. The molecule has 0 radical (unpaired) electrons. The number of methoxy groups -OCH3 is 1. The largest absolute Gasteiger partial charge is 0.486 e. The van der Waals surface area contributed by atoms with E-state index in [1.807, 2.05) is 30.3 Å². The third kappa shape index (κ3) is 5.67. The van der Waals surface area contributed by atoms with Gasteiger partial charge in [0.15, 0.2) is 12.0 Å². The zero-order chi connectivity index (χ0) is 22.5. The summed E-state index contributed by atoms with van der Waals surface area (Å²) < 4.78 is 21.1. The molecule has 0 saturated carbocycles. The number of hydrogen-bond acceptors (Lipinski definition) is 8. The summed E-state index contributed by atoms with van der Waals surface area (Å²) in [5.74, 6) is -0.543. The highest BCUT2D eigenvalue weighted by atomic mass is 35.5. The fraction of sp³-hybridized carbons (Fsp3) is 0.381. The lowest BCUT2D eigenvalue weighted by Crippen LogP contribution is -2.59. The first-order valence-corrected chi connectivity index (χ1v) is 10.1. The summed E-state index contributed by atoms with van der Waals surface area (Å²) in [5, 5.41) is 30.0. The first-order chi connectivity index (χ1) is 14.8. The minimum Gasteiger partial charge on any atom is -0.486 e. The number of carbonyl (C=O) groups excluding carboxylic acids is 1. The van der Waals surface area contributed by atoms with Crippen molar-refractivity contribution in [3.63, 3.8) is 0 Å². The molecule has 31 heavy (non-hydrogen) atoms. The van der Waals surface area contributed by atoms with E-state index in [0.717, 1.165) is 5.56 Å². The molecule has 10 heteroatoms. The molecular formula is C21H22Cl2O8. The van der Waals surface area contributed by atoms with Gasteiger partial charge in [0.1, 0.15) is 37.6 Å². The maximum atomic E-state index is 12.4. The van der Waals surface area contributed by atoms with Gasteiger partial charge < -0.3 is 34.3 Å². The van der Waals surface area contributed by atoms with Gasteiger partial charge in [-0.15, -0.1) is 0 Å². The van der Waals surface area contributed by atoms with Crippen molar-refractivity contribution in [2.24, 2.45) is 0 Å². The lowest BCUT2D eigenvalue weighted by atomic mass is 9.99. The Morgan fingerprint density at radius 1 is 1.03 bits per heavy atom. The van der Waals surface area contributed by atoms with Gasteiger partial charge in [-0.2, -0.15) is 0 Å². The molecule has 1 aliphatic heterocycles. The molecule has 1 heterocycles. The maximum absolute atomic E-state index is 12.4. The van der Waals surface area contributed by atoms with Crippen molar-refractivity contribution >= 4 is 29.2 Å². The molecule has 2 aromatic rings. The van der Waals surface area contributed by atoms with Crippen molar-refractivity contribution in [1.29, 1.82) is 0 Å². The van der Waals surface area contributed by atoms with Crippen LogP contribution in [0.3, 0.4) is 0 Å². The summed E-state index contributed by atoms with van der Waals surface area (Å²) in [6.07, 6.45) is -6.71. The van der Waals surface area contributed by atoms with E-state index in [1.54, 1.807) is 0 Å². The fourth-order valence-electron chi connectivity index (χ4n) is 3.04. The van der Waals surface area contributed by atoms with Crippen LogP contribution in [0.2, 0.25) is 10.0 Å². The van der Waals surface area contributed by atoms with Gasteiger partial charge in [0.25, 0.3) is 0 Å². The third-order valence-corrected chi connectivity index (χ3v) is 5.30. The van der Waals surface area contributed by atoms with Crippen LogP contribution in [-0.4, -0.2) is 65.7 Å². The summed E-state index contributed by atoms with van der Waals surface area (Å²) in [6, 6.07) is 12.1. The van der Waals surface area contributed by atoms with E-state index in [4.69, 9.17) is 42.1 Å². The van der Waals surface area contributed by atoms with E-state index < -0.39 is 43.3 Å². The van der Waals surface area contributed by atoms with Gasteiger partial charge in [0.05, 0.1) is 15.6 Å². The monoisotopic (exact) mass is 472 g/mol. The number of esters is 1. The van der Waals surface area contributed by atoms with Crippen LogP contribution in [-0.2, 0) is 20.8 Å². The molecular weight excluding hydrogens is 451 g/mol. The smallest absolute Gasteiger partial charge is 0.338 e. The van der Waals surface area contributed by atoms with Crippen molar-refractivity contribution in [3.05, 3.63) is 63.6 Å². The normalized spacial score (nSPS) is 25.8. The SMILES string of the molecule is CO[C@@H]1O[C@H](COC(=O)c2cc(Cl)c(OCc3ccccc3)c(Cl)c2)[C@@H](O)[C@H](O)[C@H]1O. The first kappa shape index (κ1) is 23.7. The van der Waals surface area contributed by atoms with Gasteiger partial charge in [-0.1, -0.05) is 53.5 Å². The second-order valence-corrected chi connectivity index (χ2v) is 7.71. The molecule has 8 nitrogen and oxygen atoms in total. The van der Waals surface area contributed by atoms with Crippen molar-refractivity contribution in [2.45, 2.75) is 37.3 Å². The van der Waals surface area contributed by atoms with E-state index in [2.05, 4.69) is 0 Å². The highest BCUT2D eigenvalue weighted by Crippen LogP contribution is 2.35. The third-order valence-electron chi connectivity index (χ3n) is 4.74. The van der Waals surface area contributed by atoms with Crippen LogP contribution in [0, 0.1) is 0 Å². The van der Waals surface area contributed by atoms with Crippen LogP contribution in [0.15, 0.2) is 42.5 Å². The number of ether oxygens (including phenoxy) is 4. The molecule has 0 aromatic heterocycles.